The van der Waals surface area contributed by atoms with Crippen molar-refractivity contribution in [3.05, 3.63) is 123 Å². The van der Waals surface area contributed by atoms with Gasteiger partial charge < -0.3 is 21.1 Å². The molecule has 0 unspecified atom stereocenters. The molecule has 0 aliphatic rings. The van der Waals surface area contributed by atoms with Gasteiger partial charge in [0.2, 0.25) is 0 Å². The zero-order chi connectivity index (χ0) is 28.1. The minimum absolute atomic E-state index is 0.160. The van der Waals surface area contributed by atoms with Crippen LogP contribution in [-0.4, -0.2) is 27.3 Å². The highest BCUT2D eigenvalue weighted by Crippen LogP contribution is 2.35. The van der Waals surface area contributed by atoms with E-state index < -0.39 is 4.92 Å². The van der Waals surface area contributed by atoms with Gasteiger partial charge in [0, 0.05) is 43.0 Å². The molecule has 1 amide bonds. The van der Waals surface area contributed by atoms with E-state index in [0.29, 0.717) is 47.9 Å². The van der Waals surface area contributed by atoms with Crippen molar-refractivity contribution < 1.29 is 14.5 Å². The first-order valence-corrected chi connectivity index (χ1v) is 12.7. The number of imidazole rings is 1. The molecule has 4 N–H and O–H groups in total. The van der Waals surface area contributed by atoms with Crippen molar-refractivity contribution in [3.63, 3.8) is 0 Å². The Kier molecular flexibility index (Phi) is 7.70. The quantitative estimate of drug-likeness (QED) is 0.170. The molecule has 0 fully saturated rings. The van der Waals surface area contributed by atoms with Crippen LogP contribution in [0.3, 0.4) is 0 Å². The van der Waals surface area contributed by atoms with Crippen LogP contribution in [0.25, 0.3) is 16.9 Å². The van der Waals surface area contributed by atoms with E-state index in [1.807, 2.05) is 59.0 Å². The number of benzene rings is 3. The summed E-state index contributed by atoms with van der Waals surface area (Å²) in [4.78, 5) is 29.0. The van der Waals surface area contributed by atoms with Crippen LogP contribution in [0.2, 0.25) is 0 Å². The van der Waals surface area contributed by atoms with Crippen LogP contribution < -0.4 is 21.1 Å². The van der Waals surface area contributed by atoms with Crippen LogP contribution in [0.1, 0.15) is 27.0 Å². The van der Waals surface area contributed by atoms with Crippen LogP contribution in [0.5, 0.6) is 5.75 Å². The number of hydrogen-bond acceptors (Lipinski definition) is 7. The maximum atomic E-state index is 13.0. The summed E-state index contributed by atoms with van der Waals surface area (Å²) in [6.07, 6.45) is 1.76. The van der Waals surface area contributed by atoms with Crippen LogP contribution in [0, 0.1) is 10.1 Å². The highest BCUT2D eigenvalue weighted by Gasteiger charge is 2.21. The first-order valence-electron chi connectivity index (χ1n) is 12.7. The normalized spacial score (nSPS) is 10.8. The molecule has 0 aliphatic heterocycles. The van der Waals surface area contributed by atoms with Gasteiger partial charge in [0.15, 0.2) is 5.75 Å². The number of fused-ring (bicyclic) bond motifs is 1. The maximum Gasteiger partial charge on any atom is 0.311 e. The summed E-state index contributed by atoms with van der Waals surface area (Å²) in [5.74, 6) is 0.556. The zero-order valence-electron chi connectivity index (χ0n) is 21.8. The highest BCUT2D eigenvalue weighted by atomic mass is 16.6. The van der Waals surface area contributed by atoms with E-state index in [1.165, 1.54) is 13.2 Å². The molecular weight excluding hydrogens is 508 g/mol. The molecular formula is C30H28N6O4. The van der Waals surface area contributed by atoms with Gasteiger partial charge >= 0.3 is 5.69 Å². The number of amides is 1. The van der Waals surface area contributed by atoms with E-state index in [0.717, 1.165) is 16.7 Å². The third-order valence-corrected chi connectivity index (χ3v) is 6.52. The number of aromatic nitrogens is 2. The van der Waals surface area contributed by atoms with Crippen molar-refractivity contribution in [1.82, 2.24) is 14.7 Å². The van der Waals surface area contributed by atoms with E-state index in [-0.39, 0.29) is 17.3 Å². The van der Waals surface area contributed by atoms with E-state index in [1.54, 1.807) is 30.5 Å². The number of carbonyl (C=O) groups excluding carboxylic acids is 1. The van der Waals surface area contributed by atoms with Gasteiger partial charge in [0.1, 0.15) is 17.2 Å². The van der Waals surface area contributed by atoms with Crippen LogP contribution >= 0.6 is 0 Å². The number of pyridine rings is 1. The minimum atomic E-state index is -0.485. The van der Waals surface area contributed by atoms with Gasteiger partial charge in [0.25, 0.3) is 5.91 Å². The number of methoxy groups -OCH3 is 1. The van der Waals surface area contributed by atoms with Crippen molar-refractivity contribution >= 4 is 23.1 Å². The number of nitrogens with two attached hydrogens (primary N) is 1. The fraction of sp³-hybridized carbons (Fsp3) is 0.133. The molecule has 3 aromatic carbocycles. The predicted octanol–water partition coefficient (Wildman–Crippen LogP) is 4.92. The van der Waals surface area contributed by atoms with Crippen LogP contribution in [0.4, 0.5) is 11.5 Å². The lowest BCUT2D eigenvalue weighted by atomic mass is 10.1. The first-order chi connectivity index (χ1) is 19.5. The highest BCUT2D eigenvalue weighted by molar-refractivity contribution is 5.95. The molecule has 0 saturated heterocycles. The molecule has 10 nitrogen and oxygen atoms in total. The molecule has 10 heteroatoms. The number of anilines is 1. The molecule has 0 atom stereocenters. The summed E-state index contributed by atoms with van der Waals surface area (Å²) in [5.41, 5.74) is 10.6. The van der Waals surface area contributed by atoms with E-state index in [9.17, 15) is 14.9 Å². The number of rotatable bonds is 10. The molecule has 0 bridgehead atoms. The largest absolute Gasteiger partial charge is 0.490 e. The molecule has 2 heterocycles. The topological polar surface area (TPSA) is 137 Å². The zero-order valence-corrected chi connectivity index (χ0v) is 21.8. The van der Waals surface area contributed by atoms with Gasteiger partial charge in [-0.25, -0.2) is 4.98 Å². The maximum absolute atomic E-state index is 13.0. The third-order valence-electron chi connectivity index (χ3n) is 6.52. The SMILES string of the molecule is COc1ccc(-c2nc3cc(C(=O)NCc4cccc(CN)c4)ccn3c2NCc2ccccc2)cc1[N+](=O)[O-]. The number of nitro groups is 1. The Bertz CT molecular complexity index is 1680. The molecule has 2 aromatic heterocycles. The summed E-state index contributed by atoms with van der Waals surface area (Å²) >= 11 is 0. The van der Waals surface area contributed by atoms with Crippen molar-refractivity contribution in [1.29, 1.82) is 0 Å². The summed E-state index contributed by atoms with van der Waals surface area (Å²) in [6, 6.07) is 25.7. The monoisotopic (exact) mass is 536 g/mol. The van der Waals surface area contributed by atoms with E-state index >= 15 is 0 Å². The molecule has 40 heavy (non-hydrogen) atoms. The van der Waals surface area contributed by atoms with Gasteiger partial charge in [-0.1, -0.05) is 54.6 Å². The molecule has 0 aliphatic carbocycles. The lowest BCUT2D eigenvalue weighted by molar-refractivity contribution is -0.385. The molecule has 5 rings (SSSR count). The summed E-state index contributed by atoms with van der Waals surface area (Å²) in [6.45, 7) is 1.29. The summed E-state index contributed by atoms with van der Waals surface area (Å²) < 4.78 is 7.00. The Hall–Kier alpha value is -5.22. The lowest BCUT2D eigenvalue weighted by Gasteiger charge is -2.10. The number of nitro benzene ring substituents is 1. The number of carbonyl (C=O) groups is 1. The van der Waals surface area contributed by atoms with Gasteiger partial charge in [0.05, 0.1) is 12.0 Å². The van der Waals surface area contributed by atoms with E-state index in [4.69, 9.17) is 15.5 Å². The predicted molar refractivity (Wildman–Crippen MR) is 153 cm³/mol. The van der Waals surface area contributed by atoms with Crippen molar-refractivity contribution in [2.24, 2.45) is 5.73 Å². The third kappa shape index (κ3) is 5.62. The number of nitrogens with one attached hydrogen (secondary N) is 2. The average Bonchev–Trinajstić information content (AvgIpc) is 3.36. The molecule has 0 spiro atoms. The van der Waals surface area contributed by atoms with Crippen molar-refractivity contribution in [2.45, 2.75) is 19.6 Å². The van der Waals surface area contributed by atoms with Gasteiger partial charge in [-0.2, -0.15) is 0 Å². The molecule has 0 radical (unpaired) electrons. The number of ether oxygens (including phenoxy) is 1. The fourth-order valence-corrected chi connectivity index (χ4v) is 4.47. The van der Waals surface area contributed by atoms with Gasteiger partial charge in [-0.05, 0) is 41.0 Å². The minimum Gasteiger partial charge on any atom is -0.490 e. The second-order valence-corrected chi connectivity index (χ2v) is 9.14. The standard InChI is InChI=1S/C30H28N6O4/c1-40-26-11-10-23(15-25(26)36(38)39)28-29(32-18-20-6-3-2-4-7-20)35-13-12-24(16-27(35)34-28)30(37)33-19-22-9-5-8-21(14-22)17-31/h2-16,32H,17-19,31H2,1H3,(H,33,37). The van der Waals surface area contributed by atoms with Gasteiger partial charge in [-0.3, -0.25) is 19.3 Å². The fourth-order valence-electron chi connectivity index (χ4n) is 4.47. The second-order valence-electron chi connectivity index (χ2n) is 9.14. The lowest BCUT2D eigenvalue weighted by Crippen LogP contribution is -2.23. The van der Waals surface area contributed by atoms with Crippen molar-refractivity contribution in [3.8, 4) is 17.0 Å². The Morgan fingerprint density at radius 3 is 2.50 bits per heavy atom. The Morgan fingerprint density at radius 2 is 1.75 bits per heavy atom. The van der Waals surface area contributed by atoms with E-state index in [2.05, 4.69) is 10.6 Å². The summed E-state index contributed by atoms with van der Waals surface area (Å²) in [7, 11) is 1.39. The average molecular weight is 537 g/mol. The number of nitrogens with zero attached hydrogens (tertiary/aromatic N) is 3. The van der Waals surface area contributed by atoms with Crippen LogP contribution in [0.15, 0.2) is 91.1 Å². The van der Waals surface area contributed by atoms with Crippen molar-refractivity contribution in [2.75, 3.05) is 12.4 Å². The number of hydrogen-bond donors (Lipinski definition) is 3. The molecule has 5 aromatic rings. The Balaban J connectivity index is 1.49. The second kappa shape index (κ2) is 11.7. The Labute approximate surface area is 230 Å². The van der Waals surface area contributed by atoms with Gasteiger partial charge in [-0.15, -0.1) is 0 Å². The first kappa shape index (κ1) is 26.4. The smallest absolute Gasteiger partial charge is 0.311 e. The molecule has 202 valence electrons. The molecule has 0 saturated carbocycles. The van der Waals surface area contributed by atoms with Crippen LogP contribution in [-0.2, 0) is 19.6 Å². The summed E-state index contributed by atoms with van der Waals surface area (Å²) in [5, 5.41) is 18.1. The Morgan fingerprint density at radius 1 is 0.975 bits per heavy atom.